The van der Waals surface area contributed by atoms with Gasteiger partial charge in [0.2, 0.25) is 11.8 Å². The molecule has 0 radical (unpaired) electrons. The molecule has 0 aliphatic carbocycles. The van der Waals surface area contributed by atoms with Gasteiger partial charge in [0.25, 0.3) is 5.91 Å². The Morgan fingerprint density at radius 2 is 1.97 bits per heavy atom. The zero-order valence-electron chi connectivity index (χ0n) is 15.5. The number of aryl methyl sites for hydroxylation is 1. The van der Waals surface area contributed by atoms with Crippen molar-refractivity contribution < 1.29 is 18.8 Å². The van der Waals surface area contributed by atoms with Crippen molar-refractivity contribution >= 4 is 57.2 Å². The predicted octanol–water partition coefficient (Wildman–Crippen LogP) is 4.09. The van der Waals surface area contributed by atoms with E-state index in [1.807, 2.05) is 0 Å². The number of thiazole rings is 1. The van der Waals surface area contributed by atoms with E-state index in [9.17, 15) is 14.4 Å². The minimum Gasteiger partial charge on any atom is -0.469 e. The number of hydrogen-bond donors (Lipinski definition) is 3. The van der Waals surface area contributed by atoms with Crippen molar-refractivity contribution in [3.8, 4) is 0 Å². The van der Waals surface area contributed by atoms with Gasteiger partial charge in [-0.25, -0.2) is 4.98 Å². The molecule has 1 aromatic carbocycles. The Morgan fingerprint density at radius 3 is 2.62 bits per heavy atom. The van der Waals surface area contributed by atoms with E-state index in [0.717, 1.165) is 0 Å². The number of carbonyl (C=O) groups excluding carboxylic acids is 3. The van der Waals surface area contributed by atoms with Gasteiger partial charge in [-0.1, -0.05) is 11.6 Å². The molecule has 0 bridgehead atoms. The number of furan rings is 1. The number of halogens is 1. The van der Waals surface area contributed by atoms with Crippen LogP contribution in [0.2, 0.25) is 5.02 Å². The number of hydrogen-bond acceptors (Lipinski definition) is 6. The molecule has 0 saturated carbocycles. The highest BCUT2D eigenvalue weighted by Gasteiger charge is 2.15. The quantitative estimate of drug-likeness (QED) is 0.543. The molecule has 0 aliphatic rings. The molecule has 0 unspecified atom stereocenters. The van der Waals surface area contributed by atoms with Crippen molar-refractivity contribution in [2.45, 2.75) is 20.3 Å². The zero-order valence-corrected chi connectivity index (χ0v) is 17.1. The zero-order chi connectivity index (χ0) is 21.0. The molecular formula is C19H17ClN4O4S. The highest BCUT2D eigenvalue weighted by Crippen LogP contribution is 2.26. The summed E-state index contributed by atoms with van der Waals surface area (Å²) in [4.78, 5) is 39.8. The topological polar surface area (TPSA) is 113 Å². The standard InChI is InChI=1S/C19H17ClN4O4S/c1-10-14(5-6-28-10)18(27)24-19-22-13(9-29-19)8-17(26)23-16-4-3-12(7-15(16)20)21-11(2)25/h3-7,9H,8H2,1-2H3,(H,21,25)(H,23,26)(H,22,24,27). The van der Waals surface area contributed by atoms with Crippen LogP contribution in [-0.4, -0.2) is 22.7 Å². The van der Waals surface area contributed by atoms with Crippen LogP contribution in [0.1, 0.15) is 28.7 Å². The van der Waals surface area contributed by atoms with Crippen LogP contribution in [0, 0.1) is 6.92 Å². The summed E-state index contributed by atoms with van der Waals surface area (Å²) >= 11 is 7.37. The van der Waals surface area contributed by atoms with Crippen LogP contribution in [0.5, 0.6) is 0 Å². The van der Waals surface area contributed by atoms with E-state index in [2.05, 4.69) is 20.9 Å². The number of benzene rings is 1. The first-order valence-corrected chi connectivity index (χ1v) is 9.74. The smallest absolute Gasteiger partial charge is 0.260 e. The Bertz CT molecular complexity index is 1080. The number of aromatic nitrogens is 1. The third kappa shape index (κ3) is 5.43. The Kier molecular flexibility index (Phi) is 6.30. The average molecular weight is 433 g/mol. The summed E-state index contributed by atoms with van der Waals surface area (Å²) in [7, 11) is 0. The first-order chi connectivity index (χ1) is 13.8. The van der Waals surface area contributed by atoms with Gasteiger partial charge in [-0.15, -0.1) is 11.3 Å². The Balaban J connectivity index is 1.58. The molecule has 29 heavy (non-hydrogen) atoms. The Morgan fingerprint density at radius 1 is 1.17 bits per heavy atom. The maximum absolute atomic E-state index is 12.3. The molecular weight excluding hydrogens is 416 g/mol. The lowest BCUT2D eigenvalue weighted by atomic mass is 10.2. The Labute approximate surface area is 175 Å². The van der Waals surface area contributed by atoms with Crippen LogP contribution >= 0.6 is 22.9 Å². The van der Waals surface area contributed by atoms with Crippen molar-refractivity contribution in [3.05, 3.63) is 57.9 Å². The maximum Gasteiger partial charge on any atom is 0.260 e. The van der Waals surface area contributed by atoms with Gasteiger partial charge in [0.1, 0.15) is 5.76 Å². The molecule has 0 saturated heterocycles. The van der Waals surface area contributed by atoms with Gasteiger partial charge in [-0.3, -0.25) is 19.7 Å². The molecule has 2 heterocycles. The fourth-order valence-corrected chi connectivity index (χ4v) is 3.42. The van der Waals surface area contributed by atoms with Crippen LogP contribution in [0.15, 0.2) is 40.3 Å². The first-order valence-electron chi connectivity index (χ1n) is 8.48. The average Bonchev–Trinajstić information content (AvgIpc) is 3.25. The van der Waals surface area contributed by atoms with E-state index in [0.29, 0.717) is 38.5 Å². The summed E-state index contributed by atoms with van der Waals surface area (Å²) in [5, 5.41) is 10.4. The van der Waals surface area contributed by atoms with Crippen LogP contribution in [0.4, 0.5) is 16.5 Å². The van der Waals surface area contributed by atoms with Crippen LogP contribution in [0.25, 0.3) is 0 Å². The summed E-state index contributed by atoms with van der Waals surface area (Å²) in [6.45, 7) is 3.09. The fraction of sp³-hybridized carbons (Fsp3) is 0.158. The summed E-state index contributed by atoms with van der Waals surface area (Å²) in [5.74, 6) is -0.340. The summed E-state index contributed by atoms with van der Waals surface area (Å²) in [5.41, 5.74) is 1.90. The Hall–Kier alpha value is -3.17. The van der Waals surface area contributed by atoms with E-state index < -0.39 is 0 Å². The van der Waals surface area contributed by atoms with Gasteiger partial charge in [0.05, 0.1) is 34.7 Å². The van der Waals surface area contributed by atoms with E-state index in [1.54, 1.807) is 36.6 Å². The monoisotopic (exact) mass is 432 g/mol. The predicted molar refractivity (Wildman–Crippen MR) is 112 cm³/mol. The second-order valence-corrected chi connectivity index (χ2v) is 7.35. The molecule has 0 atom stereocenters. The number of anilines is 3. The fourth-order valence-electron chi connectivity index (χ4n) is 2.49. The molecule has 3 N–H and O–H groups in total. The molecule has 0 fully saturated rings. The lowest BCUT2D eigenvalue weighted by Gasteiger charge is -2.09. The van der Waals surface area contributed by atoms with Crippen molar-refractivity contribution in [1.82, 2.24) is 4.98 Å². The molecule has 2 aromatic heterocycles. The maximum atomic E-state index is 12.3. The van der Waals surface area contributed by atoms with Crippen molar-refractivity contribution in [3.63, 3.8) is 0 Å². The van der Waals surface area contributed by atoms with E-state index in [-0.39, 0.29) is 24.1 Å². The SMILES string of the molecule is CC(=O)Nc1ccc(NC(=O)Cc2csc(NC(=O)c3ccoc3C)n2)c(Cl)c1. The molecule has 3 amide bonds. The highest BCUT2D eigenvalue weighted by atomic mass is 35.5. The number of nitrogens with zero attached hydrogens (tertiary/aromatic N) is 1. The molecule has 3 rings (SSSR count). The van der Waals surface area contributed by atoms with Crippen LogP contribution in [-0.2, 0) is 16.0 Å². The van der Waals surface area contributed by atoms with Gasteiger partial charge in [-0.05, 0) is 31.2 Å². The minimum atomic E-state index is -0.326. The lowest BCUT2D eigenvalue weighted by molar-refractivity contribution is -0.116. The minimum absolute atomic E-state index is 0.0148. The summed E-state index contributed by atoms with van der Waals surface area (Å²) in [6.07, 6.45) is 1.45. The molecule has 3 aromatic rings. The van der Waals surface area contributed by atoms with Gasteiger partial charge < -0.3 is 15.1 Å². The van der Waals surface area contributed by atoms with Gasteiger partial charge >= 0.3 is 0 Å². The van der Waals surface area contributed by atoms with Crippen LogP contribution in [0.3, 0.4) is 0 Å². The largest absolute Gasteiger partial charge is 0.469 e. The van der Waals surface area contributed by atoms with E-state index in [4.69, 9.17) is 16.0 Å². The van der Waals surface area contributed by atoms with Gasteiger partial charge in [0.15, 0.2) is 5.13 Å². The normalized spacial score (nSPS) is 10.4. The second kappa shape index (κ2) is 8.89. The van der Waals surface area contributed by atoms with Crippen molar-refractivity contribution in [2.75, 3.05) is 16.0 Å². The van der Waals surface area contributed by atoms with Gasteiger partial charge in [0, 0.05) is 18.0 Å². The lowest BCUT2D eigenvalue weighted by Crippen LogP contribution is -2.15. The third-order valence-corrected chi connectivity index (χ3v) is 4.90. The molecule has 150 valence electrons. The number of amides is 3. The van der Waals surface area contributed by atoms with Crippen molar-refractivity contribution in [2.24, 2.45) is 0 Å². The third-order valence-electron chi connectivity index (χ3n) is 3.78. The molecule has 0 aliphatic heterocycles. The second-order valence-electron chi connectivity index (χ2n) is 6.09. The summed E-state index contributed by atoms with van der Waals surface area (Å²) in [6, 6.07) is 6.36. The van der Waals surface area contributed by atoms with Gasteiger partial charge in [-0.2, -0.15) is 0 Å². The number of rotatable bonds is 6. The first kappa shape index (κ1) is 20.6. The molecule has 8 nitrogen and oxygen atoms in total. The molecule has 10 heteroatoms. The number of carbonyl (C=O) groups is 3. The molecule has 0 spiro atoms. The summed E-state index contributed by atoms with van der Waals surface area (Å²) < 4.78 is 5.11. The number of nitrogens with one attached hydrogen (secondary N) is 3. The van der Waals surface area contributed by atoms with E-state index >= 15 is 0 Å². The van der Waals surface area contributed by atoms with Crippen molar-refractivity contribution in [1.29, 1.82) is 0 Å². The highest BCUT2D eigenvalue weighted by molar-refractivity contribution is 7.14. The van der Waals surface area contributed by atoms with E-state index in [1.165, 1.54) is 24.5 Å². The van der Waals surface area contributed by atoms with Crippen LogP contribution < -0.4 is 16.0 Å².